The van der Waals surface area contributed by atoms with Crippen LogP contribution in [-0.4, -0.2) is 56.6 Å². The summed E-state index contributed by atoms with van der Waals surface area (Å²) in [5.74, 6) is 0.0765. The fraction of sp³-hybridized carbons (Fsp3) is 0.625. The van der Waals surface area contributed by atoms with E-state index in [9.17, 15) is 4.39 Å². The van der Waals surface area contributed by atoms with Gasteiger partial charge in [0.1, 0.15) is 6.10 Å². The number of benzene rings is 1. The van der Waals surface area contributed by atoms with Gasteiger partial charge in [-0.15, -0.1) is 0 Å². The molecule has 0 aromatic heterocycles. The maximum atomic E-state index is 13.6. The van der Waals surface area contributed by atoms with Gasteiger partial charge in [-0.3, -0.25) is 0 Å². The minimum atomic E-state index is -0.285. The van der Waals surface area contributed by atoms with Crippen LogP contribution < -0.4 is 4.74 Å². The number of ether oxygens (including phenoxy) is 3. The summed E-state index contributed by atoms with van der Waals surface area (Å²) in [5, 5.41) is 0. The van der Waals surface area contributed by atoms with Gasteiger partial charge in [0, 0.05) is 19.6 Å². The largest absolute Gasteiger partial charge is 0.487 e. The van der Waals surface area contributed by atoms with Crippen molar-refractivity contribution >= 4 is 0 Å². The molecule has 2 aliphatic rings. The highest BCUT2D eigenvalue weighted by molar-refractivity contribution is 5.23. The van der Waals surface area contributed by atoms with Crippen LogP contribution in [0, 0.1) is 5.82 Å². The number of likely N-dealkylation sites (tertiary alicyclic amines) is 1. The van der Waals surface area contributed by atoms with Crippen molar-refractivity contribution in [2.45, 2.75) is 25.0 Å². The monoisotopic (exact) mass is 295 g/mol. The molecule has 1 aromatic rings. The Hall–Kier alpha value is -1.17. The Labute approximate surface area is 124 Å². The second kappa shape index (κ2) is 7.20. The average molecular weight is 295 g/mol. The first-order valence-corrected chi connectivity index (χ1v) is 7.64. The van der Waals surface area contributed by atoms with Crippen molar-refractivity contribution in [2.75, 3.05) is 39.5 Å². The van der Waals surface area contributed by atoms with E-state index < -0.39 is 0 Å². The van der Waals surface area contributed by atoms with Crippen molar-refractivity contribution in [2.24, 2.45) is 0 Å². The zero-order valence-electron chi connectivity index (χ0n) is 12.2. The lowest BCUT2D eigenvalue weighted by molar-refractivity contribution is -0.100. The van der Waals surface area contributed by atoms with E-state index >= 15 is 0 Å². The molecule has 2 fully saturated rings. The number of para-hydroxylation sites is 1. The molecule has 0 bridgehead atoms. The third-order valence-electron chi connectivity index (χ3n) is 4.01. The number of piperidine rings is 1. The number of hydrogen-bond donors (Lipinski definition) is 0. The summed E-state index contributed by atoms with van der Waals surface area (Å²) >= 11 is 0. The van der Waals surface area contributed by atoms with Crippen LogP contribution >= 0.6 is 0 Å². The van der Waals surface area contributed by atoms with Crippen LogP contribution in [0.4, 0.5) is 4.39 Å². The van der Waals surface area contributed by atoms with Crippen LogP contribution in [0.15, 0.2) is 24.3 Å². The lowest BCUT2D eigenvalue weighted by atomic mass is 10.1. The minimum Gasteiger partial charge on any atom is -0.487 e. The van der Waals surface area contributed by atoms with Gasteiger partial charge in [-0.2, -0.15) is 0 Å². The van der Waals surface area contributed by atoms with Gasteiger partial charge < -0.3 is 19.1 Å². The molecular formula is C16H22FNO3. The molecule has 1 unspecified atom stereocenters. The quantitative estimate of drug-likeness (QED) is 0.851. The maximum Gasteiger partial charge on any atom is 0.165 e. The van der Waals surface area contributed by atoms with Crippen LogP contribution in [0.25, 0.3) is 0 Å². The highest BCUT2D eigenvalue weighted by Gasteiger charge is 2.24. The molecule has 0 amide bonds. The van der Waals surface area contributed by atoms with Gasteiger partial charge in [-0.05, 0) is 25.0 Å². The van der Waals surface area contributed by atoms with Gasteiger partial charge in [0.05, 0.1) is 25.9 Å². The SMILES string of the molecule is Fc1ccccc1OC1CCN(CC2COCCO2)CC1. The normalized spacial score (nSPS) is 24.9. The minimum absolute atomic E-state index is 0.0988. The topological polar surface area (TPSA) is 30.9 Å². The standard InChI is InChI=1S/C16H22FNO3/c17-15-3-1-2-4-16(15)21-13-5-7-18(8-6-13)11-14-12-19-9-10-20-14/h1-4,13-14H,5-12H2. The number of nitrogens with zero attached hydrogens (tertiary/aromatic N) is 1. The Morgan fingerprint density at radius 2 is 2.00 bits per heavy atom. The summed E-state index contributed by atoms with van der Waals surface area (Å²) in [7, 11) is 0. The lowest BCUT2D eigenvalue weighted by Gasteiger charge is -2.35. The Bertz CT molecular complexity index is 443. The first kappa shape index (κ1) is 14.8. The summed E-state index contributed by atoms with van der Waals surface area (Å²) < 4.78 is 30.4. The van der Waals surface area contributed by atoms with E-state index in [1.165, 1.54) is 6.07 Å². The van der Waals surface area contributed by atoms with Gasteiger partial charge in [0.25, 0.3) is 0 Å². The smallest absolute Gasteiger partial charge is 0.165 e. The Balaban J connectivity index is 1.43. The first-order chi connectivity index (χ1) is 10.3. The average Bonchev–Trinajstić information content (AvgIpc) is 2.52. The van der Waals surface area contributed by atoms with Gasteiger partial charge in [-0.25, -0.2) is 4.39 Å². The summed E-state index contributed by atoms with van der Waals surface area (Å²) in [6.07, 6.45) is 2.12. The first-order valence-electron chi connectivity index (χ1n) is 7.64. The van der Waals surface area contributed by atoms with Crippen molar-refractivity contribution in [3.05, 3.63) is 30.1 Å². The number of rotatable bonds is 4. The third-order valence-corrected chi connectivity index (χ3v) is 4.01. The van der Waals surface area contributed by atoms with E-state index in [0.29, 0.717) is 25.6 Å². The van der Waals surface area contributed by atoms with Crippen LogP contribution in [-0.2, 0) is 9.47 Å². The van der Waals surface area contributed by atoms with E-state index in [2.05, 4.69) is 4.90 Å². The molecule has 2 saturated heterocycles. The summed E-state index contributed by atoms with van der Waals surface area (Å²) in [6.45, 7) is 4.91. The molecule has 3 rings (SSSR count). The highest BCUT2D eigenvalue weighted by Crippen LogP contribution is 2.22. The van der Waals surface area contributed by atoms with Crippen molar-refractivity contribution in [3.63, 3.8) is 0 Å². The molecule has 0 N–H and O–H groups in total. The molecule has 4 nitrogen and oxygen atoms in total. The molecule has 2 heterocycles. The van der Waals surface area contributed by atoms with E-state index in [1.807, 2.05) is 0 Å². The predicted octanol–water partition coefficient (Wildman–Crippen LogP) is 2.08. The molecule has 0 aliphatic carbocycles. The van der Waals surface area contributed by atoms with E-state index in [-0.39, 0.29) is 18.0 Å². The maximum absolute atomic E-state index is 13.6. The third kappa shape index (κ3) is 4.15. The van der Waals surface area contributed by atoms with Crippen molar-refractivity contribution in [1.29, 1.82) is 0 Å². The molecule has 0 spiro atoms. The van der Waals surface area contributed by atoms with Crippen molar-refractivity contribution < 1.29 is 18.6 Å². The molecule has 0 saturated carbocycles. The van der Waals surface area contributed by atoms with Gasteiger partial charge in [-0.1, -0.05) is 12.1 Å². The molecular weight excluding hydrogens is 273 g/mol. The summed E-state index contributed by atoms with van der Waals surface area (Å²) in [5.41, 5.74) is 0. The Kier molecular flexibility index (Phi) is 5.06. The van der Waals surface area contributed by atoms with E-state index in [4.69, 9.17) is 14.2 Å². The van der Waals surface area contributed by atoms with Crippen molar-refractivity contribution in [1.82, 2.24) is 4.90 Å². The van der Waals surface area contributed by atoms with E-state index in [0.717, 1.165) is 32.5 Å². The van der Waals surface area contributed by atoms with Gasteiger partial charge in [0.2, 0.25) is 0 Å². The zero-order chi connectivity index (χ0) is 14.5. The van der Waals surface area contributed by atoms with Crippen molar-refractivity contribution in [3.8, 4) is 5.75 Å². The van der Waals surface area contributed by atoms with Gasteiger partial charge >= 0.3 is 0 Å². The zero-order valence-corrected chi connectivity index (χ0v) is 12.2. The molecule has 2 aliphatic heterocycles. The summed E-state index contributed by atoms with van der Waals surface area (Å²) in [6, 6.07) is 6.60. The fourth-order valence-corrected chi connectivity index (χ4v) is 2.86. The van der Waals surface area contributed by atoms with Crippen LogP contribution in [0.3, 0.4) is 0 Å². The molecule has 1 aromatic carbocycles. The lowest BCUT2D eigenvalue weighted by Crippen LogP contribution is -2.45. The highest BCUT2D eigenvalue weighted by atomic mass is 19.1. The van der Waals surface area contributed by atoms with Gasteiger partial charge in [0.15, 0.2) is 11.6 Å². The number of hydrogen-bond acceptors (Lipinski definition) is 4. The Morgan fingerprint density at radius 3 is 2.71 bits per heavy atom. The number of halogens is 1. The van der Waals surface area contributed by atoms with E-state index in [1.54, 1.807) is 18.2 Å². The van der Waals surface area contributed by atoms with Crippen LogP contribution in [0.5, 0.6) is 5.75 Å². The molecule has 5 heteroatoms. The van der Waals surface area contributed by atoms with Crippen LogP contribution in [0.2, 0.25) is 0 Å². The molecule has 21 heavy (non-hydrogen) atoms. The molecule has 1 atom stereocenters. The predicted molar refractivity (Wildman–Crippen MR) is 77.0 cm³/mol. The second-order valence-corrected chi connectivity index (χ2v) is 5.62. The fourth-order valence-electron chi connectivity index (χ4n) is 2.86. The second-order valence-electron chi connectivity index (χ2n) is 5.62. The Morgan fingerprint density at radius 1 is 1.19 bits per heavy atom. The molecule has 0 radical (unpaired) electrons. The molecule has 116 valence electrons. The summed E-state index contributed by atoms with van der Waals surface area (Å²) in [4.78, 5) is 2.38. The van der Waals surface area contributed by atoms with Crippen LogP contribution in [0.1, 0.15) is 12.8 Å².